The Labute approximate surface area is 246 Å². The van der Waals surface area contributed by atoms with Gasteiger partial charge in [-0.2, -0.15) is 0 Å². The monoisotopic (exact) mass is 581 g/mol. The third kappa shape index (κ3) is 6.61. The number of amides is 2. The van der Waals surface area contributed by atoms with Gasteiger partial charge in [0, 0.05) is 6.42 Å². The summed E-state index contributed by atoms with van der Waals surface area (Å²) in [6.45, 7) is 17.4. The number of cyclic esters (lactones) is 1. The Kier molecular flexibility index (Phi) is 9.48. The van der Waals surface area contributed by atoms with Crippen molar-refractivity contribution in [2.24, 2.45) is 11.8 Å². The van der Waals surface area contributed by atoms with Gasteiger partial charge in [0.25, 0.3) is 8.32 Å². The fourth-order valence-corrected chi connectivity index (χ4v) is 11.0. The van der Waals surface area contributed by atoms with E-state index in [1.54, 1.807) is 0 Å². The Balaban J connectivity index is 1.70. The van der Waals surface area contributed by atoms with Crippen molar-refractivity contribution in [2.45, 2.75) is 97.3 Å². The van der Waals surface area contributed by atoms with Gasteiger partial charge >= 0.3 is 6.09 Å². The van der Waals surface area contributed by atoms with E-state index in [1.165, 1.54) is 15.3 Å². The van der Waals surface area contributed by atoms with E-state index in [-0.39, 0.29) is 54.1 Å². The van der Waals surface area contributed by atoms with Crippen LogP contribution in [0.4, 0.5) is 4.79 Å². The van der Waals surface area contributed by atoms with Gasteiger partial charge < -0.3 is 18.6 Å². The van der Waals surface area contributed by atoms with Gasteiger partial charge in [-0.1, -0.05) is 102 Å². The summed E-state index contributed by atoms with van der Waals surface area (Å²) in [7, 11) is -2.91. The van der Waals surface area contributed by atoms with Gasteiger partial charge in [-0.05, 0) is 47.5 Å². The number of hydrogen-bond donors (Lipinski definition) is 0. The quantitative estimate of drug-likeness (QED) is 0.345. The second-order valence-corrected chi connectivity index (χ2v) is 17.5. The summed E-state index contributed by atoms with van der Waals surface area (Å²) in [6, 6.07) is 20.8. The molecule has 2 aromatic rings. The topological polar surface area (TPSA) is 74.3 Å². The van der Waals surface area contributed by atoms with Crippen molar-refractivity contribution < 1.29 is 28.2 Å². The Morgan fingerprint density at radius 3 is 2.02 bits per heavy atom. The smallest absolute Gasteiger partial charge is 0.416 e. The standard InChI is InChI=1S/C33H47NO6Si/c1-23(2)27-21-37-31(36)34(27)29(35)20-19-24(3)30(28-22-38-33(7,8)39-28)40-41(32(4,5)6,25-15-11-9-12-16-25)26-17-13-10-14-18-26/h9-18,23-24,27-28,30H,19-22H2,1-8H3/t24-,27+,28+,30-/m0/s1. The molecule has 224 valence electrons. The average Bonchev–Trinajstić information content (AvgIpc) is 3.49. The number of nitrogens with zero attached hydrogens (tertiary/aromatic N) is 1. The van der Waals surface area contributed by atoms with Crippen molar-refractivity contribution in [3.8, 4) is 0 Å². The fourth-order valence-electron chi connectivity index (χ4n) is 6.18. The number of carbonyl (C=O) groups is 2. The zero-order valence-corrected chi connectivity index (χ0v) is 26.9. The predicted molar refractivity (Wildman–Crippen MR) is 163 cm³/mol. The molecule has 0 spiro atoms. The van der Waals surface area contributed by atoms with Crippen LogP contribution in [-0.2, 0) is 23.4 Å². The molecule has 7 nitrogen and oxygen atoms in total. The summed E-state index contributed by atoms with van der Waals surface area (Å²) in [5, 5.41) is 2.15. The molecule has 0 radical (unpaired) electrons. The lowest BCUT2D eigenvalue weighted by Crippen LogP contribution is -2.69. The molecule has 0 bridgehead atoms. The molecule has 4 rings (SSSR count). The van der Waals surface area contributed by atoms with E-state index in [9.17, 15) is 9.59 Å². The van der Waals surface area contributed by atoms with E-state index >= 15 is 0 Å². The first kappa shape index (κ1) is 31.4. The molecule has 0 saturated carbocycles. The lowest BCUT2D eigenvalue weighted by molar-refractivity contribution is -0.153. The maximum Gasteiger partial charge on any atom is 0.416 e. The Morgan fingerprint density at radius 2 is 1.56 bits per heavy atom. The molecule has 4 atom stereocenters. The largest absolute Gasteiger partial charge is 0.447 e. The maximum absolute atomic E-state index is 13.3. The van der Waals surface area contributed by atoms with Crippen LogP contribution in [0.2, 0.25) is 5.04 Å². The van der Waals surface area contributed by atoms with E-state index < -0.39 is 20.2 Å². The number of rotatable bonds is 10. The van der Waals surface area contributed by atoms with Crippen molar-refractivity contribution >= 4 is 30.7 Å². The number of carbonyl (C=O) groups excluding carboxylic acids is 2. The Bertz CT molecular complexity index is 1140. The minimum absolute atomic E-state index is 0.0563. The highest BCUT2D eigenvalue weighted by molar-refractivity contribution is 6.99. The van der Waals surface area contributed by atoms with Gasteiger partial charge in [0.1, 0.15) is 12.7 Å². The molecule has 0 N–H and O–H groups in total. The van der Waals surface area contributed by atoms with Gasteiger partial charge in [-0.15, -0.1) is 0 Å². The van der Waals surface area contributed by atoms with Crippen molar-refractivity contribution in [1.82, 2.24) is 4.90 Å². The molecular formula is C33H47NO6Si. The van der Waals surface area contributed by atoms with Crippen LogP contribution < -0.4 is 10.4 Å². The van der Waals surface area contributed by atoms with Crippen LogP contribution in [0.1, 0.15) is 68.2 Å². The van der Waals surface area contributed by atoms with Crippen LogP contribution in [-0.4, -0.2) is 62.5 Å². The number of ether oxygens (including phenoxy) is 3. The van der Waals surface area contributed by atoms with E-state index in [4.69, 9.17) is 18.6 Å². The molecule has 0 aromatic heterocycles. The highest BCUT2D eigenvalue weighted by atomic mass is 28.4. The Hall–Kier alpha value is -2.52. The van der Waals surface area contributed by atoms with Gasteiger partial charge in [-0.3, -0.25) is 4.79 Å². The van der Waals surface area contributed by atoms with Gasteiger partial charge in [-0.25, -0.2) is 9.69 Å². The molecule has 2 saturated heterocycles. The maximum atomic E-state index is 13.3. The number of imide groups is 1. The third-order valence-electron chi connectivity index (χ3n) is 8.45. The molecule has 0 unspecified atom stereocenters. The Morgan fingerprint density at radius 1 is 1.00 bits per heavy atom. The first-order valence-corrected chi connectivity index (χ1v) is 16.8. The first-order chi connectivity index (χ1) is 19.3. The van der Waals surface area contributed by atoms with E-state index in [0.29, 0.717) is 13.0 Å². The van der Waals surface area contributed by atoms with Gasteiger partial charge in [0.05, 0.1) is 18.8 Å². The highest BCUT2D eigenvalue weighted by Crippen LogP contribution is 2.41. The average molecular weight is 582 g/mol. The van der Waals surface area contributed by atoms with Gasteiger partial charge in [0.15, 0.2) is 5.79 Å². The molecule has 2 aliphatic heterocycles. The molecule has 2 aromatic carbocycles. The molecule has 2 amide bonds. The lowest BCUT2D eigenvalue weighted by Gasteiger charge is -2.47. The lowest BCUT2D eigenvalue weighted by atomic mass is 9.94. The fraction of sp³-hybridized carbons (Fsp3) is 0.576. The number of hydrogen-bond acceptors (Lipinski definition) is 6. The van der Waals surface area contributed by atoms with Crippen LogP contribution in [0, 0.1) is 11.8 Å². The molecule has 2 aliphatic rings. The normalized spacial score (nSPS) is 22.6. The number of benzene rings is 2. The zero-order chi connectivity index (χ0) is 30.0. The highest BCUT2D eigenvalue weighted by Gasteiger charge is 2.54. The zero-order valence-electron chi connectivity index (χ0n) is 25.9. The van der Waals surface area contributed by atoms with Crippen LogP contribution in [0.5, 0.6) is 0 Å². The van der Waals surface area contributed by atoms with Crippen LogP contribution >= 0.6 is 0 Å². The van der Waals surface area contributed by atoms with Crippen LogP contribution in [0.25, 0.3) is 0 Å². The molecule has 2 heterocycles. The van der Waals surface area contributed by atoms with Crippen LogP contribution in [0.3, 0.4) is 0 Å². The van der Waals surface area contributed by atoms with Crippen LogP contribution in [0.15, 0.2) is 60.7 Å². The van der Waals surface area contributed by atoms with Crippen molar-refractivity contribution in [1.29, 1.82) is 0 Å². The molecule has 41 heavy (non-hydrogen) atoms. The summed E-state index contributed by atoms with van der Waals surface area (Å²) >= 11 is 0. The summed E-state index contributed by atoms with van der Waals surface area (Å²) in [5.74, 6) is -0.859. The second-order valence-electron chi connectivity index (χ2n) is 13.3. The third-order valence-corrected chi connectivity index (χ3v) is 13.5. The summed E-state index contributed by atoms with van der Waals surface area (Å²) in [4.78, 5) is 27.1. The van der Waals surface area contributed by atoms with Crippen molar-refractivity contribution in [3.05, 3.63) is 60.7 Å². The molecular weight excluding hydrogens is 534 g/mol. The predicted octanol–water partition coefficient (Wildman–Crippen LogP) is 5.50. The second kappa shape index (κ2) is 12.4. The molecule has 8 heteroatoms. The summed E-state index contributed by atoms with van der Waals surface area (Å²) in [5.41, 5.74) is 0. The summed E-state index contributed by atoms with van der Waals surface area (Å²) in [6.07, 6.45) is -0.442. The van der Waals surface area contributed by atoms with E-state index in [0.717, 1.165) is 0 Å². The first-order valence-electron chi connectivity index (χ1n) is 14.9. The van der Waals surface area contributed by atoms with Crippen molar-refractivity contribution in [3.63, 3.8) is 0 Å². The van der Waals surface area contributed by atoms with E-state index in [1.807, 2.05) is 39.8 Å². The summed E-state index contributed by atoms with van der Waals surface area (Å²) < 4.78 is 25.3. The van der Waals surface area contributed by atoms with Gasteiger partial charge in [0.2, 0.25) is 5.91 Å². The van der Waals surface area contributed by atoms with E-state index in [2.05, 4.69) is 76.2 Å². The SMILES string of the molecule is CC(C)[C@H]1COC(=O)N1C(=O)CC[C@H](C)[C@H](O[Si](c1ccccc1)(c1ccccc1)C(C)(C)C)[C@H]1COC(C)(C)O1. The minimum Gasteiger partial charge on any atom is -0.447 e. The minimum atomic E-state index is -2.91. The van der Waals surface area contributed by atoms with Crippen molar-refractivity contribution in [2.75, 3.05) is 13.2 Å². The molecule has 0 aliphatic carbocycles. The molecule has 2 fully saturated rings.